The molecule has 2 aromatic carbocycles. The summed E-state index contributed by atoms with van der Waals surface area (Å²) in [6.07, 6.45) is 0. The molecule has 2 aromatic rings. The first kappa shape index (κ1) is 14.8. The molecule has 104 valence electrons. The maximum atomic E-state index is 12.4. The van der Waals surface area contributed by atoms with Crippen LogP contribution in [0.2, 0.25) is 5.02 Å². The predicted octanol–water partition coefficient (Wildman–Crippen LogP) is 4.91. The number of carbonyl (C=O) groups is 1. The average molecular weight is 314 g/mol. The zero-order valence-corrected chi connectivity index (χ0v) is 11.7. The molecule has 0 spiro atoms. The van der Waals surface area contributed by atoms with Gasteiger partial charge in [-0.2, -0.15) is 8.78 Å². The van der Waals surface area contributed by atoms with E-state index < -0.39 is 11.7 Å². The number of carbonyl (C=O) groups excluding carboxylic acids is 1. The van der Waals surface area contributed by atoms with E-state index in [1.54, 1.807) is 36.4 Å². The molecule has 0 aromatic heterocycles. The van der Waals surface area contributed by atoms with Crippen molar-refractivity contribution in [2.24, 2.45) is 0 Å². The Balaban J connectivity index is 2.19. The number of halogens is 3. The van der Waals surface area contributed by atoms with Gasteiger partial charge in [0.2, 0.25) is 0 Å². The second-order valence-corrected chi connectivity index (χ2v) is 5.31. The molecule has 0 saturated heterocycles. The van der Waals surface area contributed by atoms with Crippen molar-refractivity contribution in [3.05, 3.63) is 59.1 Å². The van der Waals surface area contributed by atoms with E-state index in [1.807, 2.05) is 0 Å². The molecule has 0 radical (unpaired) electrons. The first-order valence-electron chi connectivity index (χ1n) is 5.67. The number of thioether (sulfide) groups is 1. The highest BCUT2D eigenvalue weighted by molar-refractivity contribution is 7.99. The smallest absolute Gasteiger partial charge is 0.288 e. The molecule has 0 aliphatic carbocycles. The highest BCUT2D eigenvalue weighted by Crippen LogP contribution is 2.31. The number of rotatable bonds is 4. The monoisotopic (exact) mass is 313 g/mol. The lowest BCUT2D eigenvalue weighted by Gasteiger charge is -2.10. The molecular formula is C14H10ClF2NOS. The quantitative estimate of drug-likeness (QED) is 0.813. The predicted molar refractivity (Wildman–Crippen MR) is 77.7 cm³/mol. The fourth-order valence-corrected chi connectivity index (χ4v) is 2.38. The molecule has 1 amide bonds. The Bertz CT molecular complexity index is 622. The van der Waals surface area contributed by atoms with Crippen molar-refractivity contribution in [1.29, 1.82) is 0 Å². The van der Waals surface area contributed by atoms with Crippen LogP contribution in [-0.4, -0.2) is 11.7 Å². The van der Waals surface area contributed by atoms with Gasteiger partial charge in [-0.05, 0) is 30.3 Å². The van der Waals surface area contributed by atoms with Crippen molar-refractivity contribution in [1.82, 2.24) is 0 Å². The Hall–Kier alpha value is -1.59. The second-order valence-electron chi connectivity index (χ2n) is 3.84. The van der Waals surface area contributed by atoms with E-state index in [4.69, 9.17) is 11.6 Å². The Morgan fingerprint density at radius 2 is 1.90 bits per heavy atom. The van der Waals surface area contributed by atoms with Crippen LogP contribution in [0.4, 0.5) is 14.5 Å². The average Bonchev–Trinajstić information content (AvgIpc) is 2.40. The molecule has 1 N–H and O–H groups in total. The van der Waals surface area contributed by atoms with Crippen molar-refractivity contribution in [3.63, 3.8) is 0 Å². The van der Waals surface area contributed by atoms with Crippen molar-refractivity contribution < 1.29 is 13.6 Å². The Morgan fingerprint density at radius 1 is 1.15 bits per heavy atom. The number of benzene rings is 2. The van der Waals surface area contributed by atoms with Crippen molar-refractivity contribution in [2.45, 2.75) is 10.7 Å². The van der Waals surface area contributed by atoms with Gasteiger partial charge in [0.05, 0.1) is 5.69 Å². The summed E-state index contributed by atoms with van der Waals surface area (Å²) in [5.41, 5.74) is 0.720. The molecule has 0 fully saturated rings. The molecule has 0 aliphatic heterocycles. The topological polar surface area (TPSA) is 29.1 Å². The van der Waals surface area contributed by atoms with Gasteiger partial charge in [0.1, 0.15) is 0 Å². The van der Waals surface area contributed by atoms with Gasteiger partial charge < -0.3 is 5.32 Å². The Morgan fingerprint density at radius 3 is 2.60 bits per heavy atom. The van der Waals surface area contributed by atoms with Crippen LogP contribution in [0.3, 0.4) is 0 Å². The fourth-order valence-electron chi connectivity index (χ4n) is 1.59. The summed E-state index contributed by atoms with van der Waals surface area (Å²) < 4.78 is 24.9. The first-order valence-corrected chi connectivity index (χ1v) is 6.93. The maximum absolute atomic E-state index is 12.4. The standard InChI is InChI=1S/C14H10ClF2NOS/c15-10-5-3-4-9(8-10)13(19)18-11-6-1-2-7-12(11)20-14(16)17/h1-8,14H,(H,18,19). The lowest BCUT2D eigenvalue weighted by atomic mass is 10.2. The minimum Gasteiger partial charge on any atom is -0.321 e. The van der Waals surface area contributed by atoms with Crippen molar-refractivity contribution in [2.75, 3.05) is 5.32 Å². The van der Waals surface area contributed by atoms with E-state index in [0.29, 0.717) is 32.9 Å². The number of anilines is 1. The molecule has 6 heteroatoms. The summed E-state index contributed by atoms with van der Waals surface area (Å²) in [6, 6.07) is 12.8. The molecule has 20 heavy (non-hydrogen) atoms. The van der Waals surface area contributed by atoms with Crippen LogP contribution in [0.5, 0.6) is 0 Å². The van der Waals surface area contributed by atoms with Gasteiger partial charge in [-0.1, -0.05) is 41.6 Å². The SMILES string of the molecule is O=C(Nc1ccccc1SC(F)F)c1cccc(Cl)c1. The third-order valence-corrected chi connectivity index (χ3v) is 3.46. The molecule has 2 nitrogen and oxygen atoms in total. The molecule has 0 aliphatic rings. The molecule has 0 unspecified atom stereocenters. The van der Waals surface area contributed by atoms with E-state index in [-0.39, 0.29) is 0 Å². The molecule has 2 rings (SSSR count). The van der Waals surface area contributed by atoms with Crippen LogP contribution in [0.15, 0.2) is 53.4 Å². The molecule has 0 atom stereocenters. The van der Waals surface area contributed by atoms with Gasteiger partial charge in [-0.15, -0.1) is 0 Å². The summed E-state index contributed by atoms with van der Waals surface area (Å²) in [6.45, 7) is 0. The largest absolute Gasteiger partial charge is 0.321 e. The van der Waals surface area contributed by atoms with Gasteiger partial charge in [-0.3, -0.25) is 4.79 Å². The number of hydrogen-bond acceptors (Lipinski definition) is 2. The van der Waals surface area contributed by atoms with Crippen molar-refractivity contribution in [3.8, 4) is 0 Å². The third-order valence-electron chi connectivity index (χ3n) is 2.44. The summed E-state index contributed by atoms with van der Waals surface area (Å²) in [7, 11) is 0. The Labute approximate surface area is 124 Å². The second kappa shape index (κ2) is 6.72. The van der Waals surface area contributed by atoms with E-state index in [9.17, 15) is 13.6 Å². The fraction of sp³-hybridized carbons (Fsp3) is 0.0714. The van der Waals surface area contributed by atoms with Gasteiger partial charge in [-0.25, -0.2) is 0 Å². The van der Waals surface area contributed by atoms with Crippen LogP contribution in [0.25, 0.3) is 0 Å². The van der Waals surface area contributed by atoms with E-state index in [2.05, 4.69) is 5.32 Å². The molecule has 0 saturated carbocycles. The maximum Gasteiger partial charge on any atom is 0.288 e. The zero-order valence-electron chi connectivity index (χ0n) is 10.1. The number of alkyl halides is 2. The van der Waals surface area contributed by atoms with Gasteiger partial charge >= 0.3 is 0 Å². The van der Waals surface area contributed by atoms with E-state index in [0.717, 1.165) is 0 Å². The molecule has 0 heterocycles. The summed E-state index contributed by atoms with van der Waals surface area (Å²) in [5, 5.41) is 3.05. The van der Waals surface area contributed by atoms with Crippen molar-refractivity contribution >= 4 is 35.0 Å². The lowest BCUT2D eigenvalue weighted by Crippen LogP contribution is -2.12. The number of para-hydroxylation sites is 1. The highest BCUT2D eigenvalue weighted by Gasteiger charge is 2.12. The molecule has 0 bridgehead atoms. The van der Waals surface area contributed by atoms with Gasteiger partial charge in [0.15, 0.2) is 0 Å². The lowest BCUT2D eigenvalue weighted by molar-refractivity contribution is 0.102. The number of hydrogen-bond donors (Lipinski definition) is 1. The number of nitrogens with one attached hydrogen (secondary N) is 1. The minimum absolute atomic E-state index is 0.317. The van der Waals surface area contributed by atoms with Gasteiger partial charge in [0, 0.05) is 15.5 Å². The first-order chi connectivity index (χ1) is 9.56. The van der Waals surface area contributed by atoms with Crippen LogP contribution in [-0.2, 0) is 0 Å². The Kier molecular flexibility index (Phi) is 4.98. The summed E-state index contributed by atoms with van der Waals surface area (Å²) >= 11 is 6.20. The molecular weight excluding hydrogens is 304 g/mol. The normalized spacial score (nSPS) is 10.6. The van der Waals surface area contributed by atoms with E-state index >= 15 is 0 Å². The van der Waals surface area contributed by atoms with E-state index in [1.165, 1.54) is 12.1 Å². The highest BCUT2D eigenvalue weighted by atomic mass is 35.5. The third kappa shape index (κ3) is 3.95. The van der Waals surface area contributed by atoms with Crippen LogP contribution < -0.4 is 5.32 Å². The van der Waals surface area contributed by atoms with Crippen LogP contribution in [0.1, 0.15) is 10.4 Å². The van der Waals surface area contributed by atoms with Gasteiger partial charge in [0.25, 0.3) is 11.7 Å². The van der Waals surface area contributed by atoms with Crippen LogP contribution in [0, 0.1) is 0 Å². The van der Waals surface area contributed by atoms with Crippen LogP contribution >= 0.6 is 23.4 Å². The minimum atomic E-state index is -2.54. The summed E-state index contributed by atoms with van der Waals surface area (Å²) in [4.78, 5) is 12.4. The zero-order chi connectivity index (χ0) is 14.5. The summed E-state index contributed by atoms with van der Waals surface area (Å²) in [5.74, 6) is -2.94. The number of amides is 1.